The van der Waals surface area contributed by atoms with Crippen molar-refractivity contribution in [2.45, 2.75) is 26.7 Å². The van der Waals surface area contributed by atoms with Crippen LogP contribution in [0.1, 0.15) is 37.0 Å². The molecule has 3 heteroatoms. The van der Waals surface area contributed by atoms with Crippen molar-refractivity contribution in [1.82, 2.24) is 5.32 Å². The Labute approximate surface area is 109 Å². The topological polar surface area (TPSA) is 41.1 Å². The normalized spacial score (nSPS) is 21.4. The summed E-state index contributed by atoms with van der Waals surface area (Å²) in [6.45, 7) is 6.14. The van der Waals surface area contributed by atoms with Crippen LogP contribution in [0, 0.1) is 11.8 Å². The van der Waals surface area contributed by atoms with Crippen molar-refractivity contribution in [3.63, 3.8) is 0 Å². The van der Waals surface area contributed by atoms with Crippen molar-refractivity contribution in [2.24, 2.45) is 11.8 Å². The first-order valence-corrected chi connectivity index (χ1v) is 6.83. The lowest BCUT2D eigenvalue weighted by molar-refractivity contribution is 0.0951. The molecule has 2 unspecified atom stereocenters. The highest BCUT2D eigenvalue weighted by atomic mass is 16.1. The minimum absolute atomic E-state index is 0.0381. The van der Waals surface area contributed by atoms with Gasteiger partial charge >= 0.3 is 0 Å². The van der Waals surface area contributed by atoms with E-state index in [1.54, 1.807) is 0 Å². The maximum absolute atomic E-state index is 11.9. The Morgan fingerprint density at radius 2 is 2.00 bits per heavy atom. The van der Waals surface area contributed by atoms with E-state index < -0.39 is 0 Å². The third-order valence-electron chi connectivity index (χ3n) is 3.53. The molecule has 0 radical (unpaired) electrons. The average Bonchev–Trinajstić information content (AvgIpc) is 3.10. The average molecular weight is 246 g/mol. The Kier molecular flexibility index (Phi) is 4.24. The summed E-state index contributed by atoms with van der Waals surface area (Å²) in [6, 6.07) is 7.68. The van der Waals surface area contributed by atoms with Crippen molar-refractivity contribution in [3.8, 4) is 0 Å². The van der Waals surface area contributed by atoms with E-state index in [0.717, 1.165) is 36.7 Å². The molecule has 1 aliphatic carbocycles. The molecule has 18 heavy (non-hydrogen) atoms. The van der Waals surface area contributed by atoms with Gasteiger partial charge in [0.2, 0.25) is 0 Å². The van der Waals surface area contributed by atoms with Gasteiger partial charge in [0.05, 0.1) is 0 Å². The Balaban J connectivity index is 1.82. The van der Waals surface area contributed by atoms with Crippen LogP contribution in [0.4, 0.5) is 5.69 Å². The molecule has 2 N–H and O–H groups in total. The molecule has 98 valence electrons. The number of rotatable bonds is 6. The molecule has 0 bridgehead atoms. The molecule has 1 aromatic carbocycles. The van der Waals surface area contributed by atoms with E-state index in [1.165, 1.54) is 6.42 Å². The van der Waals surface area contributed by atoms with Crippen LogP contribution in [0.15, 0.2) is 24.3 Å². The second-order valence-electron chi connectivity index (χ2n) is 5.19. The highest BCUT2D eigenvalue weighted by molar-refractivity contribution is 5.94. The minimum atomic E-state index is 0.0381. The lowest BCUT2D eigenvalue weighted by Crippen LogP contribution is -2.25. The number of anilines is 1. The lowest BCUT2D eigenvalue weighted by atomic mass is 10.2. The molecule has 2 rings (SSSR count). The quantitative estimate of drug-likeness (QED) is 0.810. The van der Waals surface area contributed by atoms with E-state index >= 15 is 0 Å². The summed E-state index contributed by atoms with van der Waals surface area (Å²) in [4.78, 5) is 11.9. The van der Waals surface area contributed by atoms with Crippen molar-refractivity contribution in [3.05, 3.63) is 29.8 Å². The summed E-state index contributed by atoms with van der Waals surface area (Å²) in [7, 11) is 0. The standard InChI is InChI=1S/C15H22N2O/c1-3-8-16-14-6-4-12(5-7-14)15(18)17-10-13-9-11(13)2/h4-7,11,13,16H,3,8-10H2,1-2H3,(H,17,18). The minimum Gasteiger partial charge on any atom is -0.385 e. The molecule has 2 atom stereocenters. The van der Waals surface area contributed by atoms with Crippen LogP contribution >= 0.6 is 0 Å². The van der Waals surface area contributed by atoms with Gasteiger partial charge in [0.1, 0.15) is 0 Å². The number of nitrogens with one attached hydrogen (secondary N) is 2. The van der Waals surface area contributed by atoms with Gasteiger partial charge in [-0.2, -0.15) is 0 Å². The van der Waals surface area contributed by atoms with Gasteiger partial charge in [0.15, 0.2) is 0 Å². The molecule has 0 aromatic heterocycles. The summed E-state index contributed by atoms with van der Waals surface area (Å²) < 4.78 is 0. The van der Waals surface area contributed by atoms with E-state index in [9.17, 15) is 4.79 Å². The number of carbonyl (C=O) groups is 1. The number of hydrogen-bond donors (Lipinski definition) is 2. The molecule has 0 aliphatic heterocycles. The molecule has 1 fully saturated rings. The molecule has 0 heterocycles. The third-order valence-corrected chi connectivity index (χ3v) is 3.53. The fourth-order valence-electron chi connectivity index (χ4n) is 2.02. The monoisotopic (exact) mass is 246 g/mol. The zero-order valence-corrected chi connectivity index (χ0v) is 11.2. The van der Waals surface area contributed by atoms with Crippen molar-refractivity contribution < 1.29 is 4.79 Å². The van der Waals surface area contributed by atoms with Crippen LogP contribution in [-0.2, 0) is 0 Å². The SMILES string of the molecule is CCCNc1ccc(C(=O)NCC2CC2C)cc1. The van der Waals surface area contributed by atoms with Crippen molar-refractivity contribution >= 4 is 11.6 Å². The van der Waals surface area contributed by atoms with Crippen LogP contribution in [0.2, 0.25) is 0 Å². The van der Waals surface area contributed by atoms with Crippen molar-refractivity contribution in [2.75, 3.05) is 18.4 Å². The zero-order valence-electron chi connectivity index (χ0n) is 11.2. The van der Waals surface area contributed by atoms with E-state index in [4.69, 9.17) is 0 Å². The van der Waals surface area contributed by atoms with Crippen LogP contribution < -0.4 is 10.6 Å². The van der Waals surface area contributed by atoms with Gasteiger partial charge in [-0.1, -0.05) is 13.8 Å². The fraction of sp³-hybridized carbons (Fsp3) is 0.533. The van der Waals surface area contributed by atoms with E-state index in [2.05, 4.69) is 24.5 Å². The predicted octanol–water partition coefficient (Wildman–Crippen LogP) is 2.89. The Hall–Kier alpha value is -1.51. The zero-order chi connectivity index (χ0) is 13.0. The molecule has 1 saturated carbocycles. The first-order valence-electron chi connectivity index (χ1n) is 6.83. The van der Waals surface area contributed by atoms with Crippen LogP contribution in [0.5, 0.6) is 0 Å². The molecule has 1 aliphatic rings. The maximum atomic E-state index is 11.9. The second kappa shape index (κ2) is 5.89. The fourth-order valence-corrected chi connectivity index (χ4v) is 2.02. The van der Waals surface area contributed by atoms with Crippen LogP contribution in [-0.4, -0.2) is 19.0 Å². The van der Waals surface area contributed by atoms with E-state index in [0.29, 0.717) is 5.92 Å². The predicted molar refractivity (Wildman–Crippen MR) is 74.8 cm³/mol. The third kappa shape index (κ3) is 3.49. The number of hydrogen-bond acceptors (Lipinski definition) is 2. The maximum Gasteiger partial charge on any atom is 0.251 e. The van der Waals surface area contributed by atoms with Gasteiger partial charge < -0.3 is 10.6 Å². The molecule has 1 aromatic rings. The highest BCUT2D eigenvalue weighted by Gasteiger charge is 2.32. The molecule has 1 amide bonds. The van der Waals surface area contributed by atoms with Gasteiger partial charge in [-0.3, -0.25) is 4.79 Å². The first-order chi connectivity index (χ1) is 8.70. The van der Waals surface area contributed by atoms with Gasteiger partial charge in [0.25, 0.3) is 5.91 Å². The van der Waals surface area contributed by atoms with Crippen LogP contribution in [0.25, 0.3) is 0 Å². The summed E-state index contributed by atoms with van der Waals surface area (Å²) in [6.07, 6.45) is 2.35. The molecular formula is C15H22N2O. The largest absolute Gasteiger partial charge is 0.385 e. The number of benzene rings is 1. The molecule has 3 nitrogen and oxygen atoms in total. The Bertz CT molecular complexity index is 399. The van der Waals surface area contributed by atoms with Gasteiger partial charge in [-0.25, -0.2) is 0 Å². The summed E-state index contributed by atoms with van der Waals surface area (Å²) >= 11 is 0. The lowest BCUT2D eigenvalue weighted by Gasteiger charge is -2.07. The van der Waals surface area contributed by atoms with Gasteiger partial charge in [-0.15, -0.1) is 0 Å². The van der Waals surface area contributed by atoms with Crippen LogP contribution in [0.3, 0.4) is 0 Å². The molecule has 0 spiro atoms. The second-order valence-corrected chi connectivity index (χ2v) is 5.19. The Morgan fingerprint density at radius 3 is 2.56 bits per heavy atom. The van der Waals surface area contributed by atoms with E-state index in [-0.39, 0.29) is 5.91 Å². The molecular weight excluding hydrogens is 224 g/mol. The first kappa shape index (κ1) is 12.9. The molecule has 0 saturated heterocycles. The van der Waals surface area contributed by atoms with Crippen molar-refractivity contribution in [1.29, 1.82) is 0 Å². The summed E-state index contributed by atoms with van der Waals surface area (Å²) in [5.74, 6) is 1.52. The highest BCUT2D eigenvalue weighted by Crippen LogP contribution is 2.36. The van der Waals surface area contributed by atoms with Gasteiger partial charge in [0, 0.05) is 24.3 Å². The Morgan fingerprint density at radius 1 is 1.33 bits per heavy atom. The smallest absolute Gasteiger partial charge is 0.251 e. The number of carbonyl (C=O) groups excluding carboxylic acids is 1. The summed E-state index contributed by atoms with van der Waals surface area (Å²) in [5, 5.41) is 6.29. The van der Waals surface area contributed by atoms with E-state index in [1.807, 2.05) is 24.3 Å². The summed E-state index contributed by atoms with van der Waals surface area (Å²) in [5.41, 5.74) is 1.81. The number of amides is 1. The van der Waals surface area contributed by atoms with Gasteiger partial charge in [-0.05, 0) is 48.9 Å².